The van der Waals surface area contributed by atoms with Crippen LogP contribution in [0.3, 0.4) is 0 Å². The zero-order chi connectivity index (χ0) is 19.3. The van der Waals surface area contributed by atoms with E-state index in [4.69, 9.17) is 11.6 Å². The summed E-state index contributed by atoms with van der Waals surface area (Å²) in [5, 5.41) is 0.833. The smallest absolute Gasteiger partial charge is 0.0406 e. The molecule has 0 aliphatic heterocycles. The molecule has 0 unspecified atom stereocenters. The van der Waals surface area contributed by atoms with E-state index in [0.717, 1.165) is 11.4 Å². The first-order valence-corrected chi connectivity index (χ1v) is 11.0. The van der Waals surface area contributed by atoms with Gasteiger partial charge in [-0.15, -0.1) is 0 Å². The Morgan fingerprint density at radius 2 is 1.21 bits per heavy atom. The Labute approximate surface area is 174 Å². The van der Waals surface area contributed by atoms with Crippen LogP contribution in [-0.4, -0.2) is 0 Å². The highest BCUT2D eigenvalue weighted by Crippen LogP contribution is 2.40. The summed E-state index contributed by atoms with van der Waals surface area (Å²) in [5.74, 6) is 1.96. The van der Waals surface area contributed by atoms with Crippen LogP contribution in [0.25, 0.3) is 0 Å². The topological polar surface area (TPSA) is 0 Å². The molecule has 0 bridgehead atoms. The summed E-state index contributed by atoms with van der Waals surface area (Å²) in [5.41, 5.74) is 5.83. The van der Waals surface area contributed by atoms with Gasteiger partial charge in [-0.2, -0.15) is 0 Å². The van der Waals surface area contributed by atoms with Crippen LogP contribution < -0.4 is 0 Å². The van der Waals surface area contributed by atoms with Gasteiger partial charge < -0.3 is 0 Å². The zero-order valence-electron chi connectivity index (χ0n) is 16.7. The van der Waals surface area contributed by atoms with E-state index in [1.165, 1.54) is 47.9 Å². The molecular formula is C27H29Cl. The lowest BCUT2D eigenvalue weighted by Crippen LogP contribution is -2.12. The Morgan fingerprint density at radius 3 is 1.75 bits per heavy atom. The van der Waals surface area contributed by atoms with Gasteiger partial charge in [0.2, 0.25) is 0 Å². The van der Waals surface area contributed by atoms with E-state index >= 15 is 0 Å². The summed E-state index contributed by atoms with van der Waals surface area (Å²) in [6, 6.07) is 28.7. The number of benzene rings is 3. The first-order valence-electron chi connectivity index (χ1n) is 10.6. The lowest BCUT2D eigenvalue weighted by Gasteiger charge is -2.29. The van der Waals surface area contributed by atoms with Crippen molar-refractivity contribution in [3.05, 3.63) is 106 Å². The molecule has 1 saturated carbocycles. The van der Waals surface area contributed by atoms with E-state index in [1.807, 2.05) is 12.1 Å². The second-order valence-electron chi connectivity index (χ2n) is 8.36. The largest absolute Gasteiger partial charge is 0.0843 e. The minimum absolute atomic E-state index is 0.557. The third-order valence-electron chi connectivity index (χ3n) is 6.43. The third-order valence-corrected chi connectivity index (χ3v) is 6.68. The molecule has 0 amide bonds. The number of rotatable bonds is 5. The molecule has 144 valence electrons. The van der Waals surface area contributed by atoms with E-state index in [0.29, 0.717) is 17.8 Å². The van der Waals surface area contributed by atoms with Gasteiger partial charge in [-0.1, -0.05) is 85.3 Å². The molecule has 3 aromatic rings. The molecule has 28 heavy (non-hydrogen) atoms. The van der Waals surface area contributed by atoms with Crippen LogP contribution in [0.15, 0.2) is 78.9 Å². The molecule has 0 nitrogen and oxygen atoms in total. The molecule has 1 aliphatic carbocycles. The predicted octanol–water partition coefficient (Wildman–Crippen LogP) is 8.13. The molecule has 0 spiro atoms. The maximum absolute atomic E-state index is 6.03. The van der Waals surface area contributed by atoms with Gasteiger partial charge in [-0.25, -0.2) is 0 Å². The summed E-state index contributed by atoms with van der Waals surface area (Å²) in [4.78, 5) is 0. The van der Waals surface area contributed by atoms with E-state index in [9.17, 15) is 0 Å². The van der Waals surface area contributed by atoms with Crippen LogP contribution in [0.5, 0.6) is 0 Å². The van der Waals surface area contributed by atoms with Gasteiger partial charge >= 0.3 is 0 Å². The van der Waals surface area contributed by atoms with Crippen molar-refractivity contribution in [1.82, 2.24) is 0 Å². The van der Waals surface area contributed by atoms with Crippen molar-refractivity contribution in [2.24, 2.45) is 0 Å². The first kappa shape index (κ1) is 19.3. The van der Waals surface area contributed by atoms with Crippen molar-refractivity contribution >= 4 is 11.6 Å². The van der Waals surface area contributed by atoms with Gasteiger partial charge in [-0.3, -0.25) is 0 Å². The average Bonchev–Trinajstić information content (AvgIpc) is 2.76. The van der Waals surface area contributed by atoms with Crippen molar-refractivity contribution < 1.29 is 0 Å². The molecule has 1 aliphatic rings. The molecule has 0 saturated heterocycles. The van der Waals surface area contributed by atoms with Crippen molar-refractivity contribution in [3.63, 3.8) is 0 Å². The van der Waals surface area contributed by atoms with Crippen molar-refractivity contribution in [2.75, 3.05) is 0 Å². The van der Waals surface area contributed by atoms with Crippen LogP contribution in [0.1, 0.15) is 72.6 Å². The third kappa shape index (κ3) is 4.67. The maximum Gasteiger partial charge on any atom is 0.0406 e. The Bertz CT molecular complexity index is 856. The first-order chi connectivity index (χ1) is 13.7. The Hall–Kier alpha value is -2.05. The summed E-state index contributed by atoms with van der Waals surface area (Å²) >= 11 is 6.03. The predicted molar refractivity (Wildman–Crippen MR) is 120 cm³/mol. The number of hydrogen-bond acceptors (Lipinski definition) is 0. The van der Waals surface area contributed by atoms with Gasteiger partial charge in [0.1, 0.15) is 0 Å². The van der Waals surface area contributed by atoms with E-state index in [1.54, 1.807) is 0 Å². The molecule has 3 aromatic carbocycles. The second-order valence-corrected chi connectivity index (χ2v) is 8.79. The minimum atomic E-state index is 0.557. The summed E-state index contributed by atoms with van der Waals surface area (Å²) < 4.78 is 0. The standard InChI is InChI=1S/C27H29Cl/c1-20(22-5-3-2-4-6-22)19-21-7-9-23(10-8-21)24-11-13-25(14-12-24)26-15-17-27(28)18-16-26/h2-10,15-18,20,24-25H,11-14,19H2,1H3/t20-,24?,25?/m0/s1. The van der Waals surface area contributed by atoms with Crippen LogP contribution >= 0.6 is 11.6 Å². The van der Waals surface area contributed by atoms with Gasteiger partial charge in [-0.05, 0) is 84.2 Å². The summed E-state index contributed by atoms with van der Waals surface area (Å²) in [6.45, 7) is 2.32. The molecule has 0 aromatic heterocycles. The van der Waals surface area contributed by atoms with Crippen molar-refractivity contribution in [3.8, 4) is 0 Å². The Morgan fingerprint density at radius 1 is 0.714 bits per heavy atom. The zero-order valence-corrected chi connectivity index (χ0v) is 17.4. The SMILES string of the molecule is C[C@@H](Cc1ccc(C2CCC(c3ccc(Cl)cc3)CC2)cc1)c1ccccc1. The molecule has 1 heteroatoms. The van der Waals surface area contributed by atoms with Crippen molar-refractivity contribution in [2.45, 2.75) is 56.8 Å². The Balaban J connectivity index is 1.34. The lowest BCUT2D eigenvalue weighted by molar-refractivity contribution is 0.396. The molecule has 0 N–H and O–H groups in total. The molecule has 0 heterocycles. The maximum atomic E-state index is 6.03. The quantitative estimate of drug-likeness (QED) is 0.413. The molecule has 1 atom stereocenters. The van der Waals surface area contributed by atoms with Gasteiger partial charge in [0.25, 0.3) is 0 Å². The highest BCUT2D eigenvalue weighted by Gasteiger charge is 2.23. The second kappa shape index (κ2) is 8.97. The average molecular weight is 389 g/mol. The van der Waals surface area contributed by atoms with E-state index < -0.39 is 0 Å². The fourth-order valence-corrected chi connectivity index (χ4v) is 4.80. The van der Waals surface area contributed by atoms with Gasteiger partial charge in [0.15, 0.2) is 0 Å². The highest BCUT2D eigenvalue weighted by atomic mass is 35.5. The van der Waals surface area contributed by atoms with E-state index in [2.05, 4.69) is 73.7 Å². The van der Waals surface area contributed by atoms with Crippen LogP contribution in [0, 0.1) is 0 Å². The lowest BCUT2D eigenvalue weighted by atomic mass is 9.76. The van der Waals surface area contributed by atoms with Crippen LogP contribution in [0.2, 0.25) is 5.02 Å². The summed E-state index contributed by atoms with van der Waals surface area (Å²) in [6.07, 6.45) is 6.23. The molecule has 0 radical (unpaired) electrons. The minimum Gasteiger partial charge on any atom is -0.0843 e. The molecule has 1 fully saturated rings. The van der Waals surface area contributed by atoms with Gasteiger partial charge in [0, 0.05) is 5.02 Å². The number of halogens is 1. The molecule has 4 rings (SSSR count). The van der Waals surface area contributed by atoms with Crippen LogP contribution in [-0.2, 0) is 6.42 Å². The summed E-state index contributed by atoms with van der Waals surface area (Å²) in [7, 11) is 0. The normalized spacial score (nSPS) is 20.6. The van der Waals surface area contributed by atoms with E-state index in [-0.39, 0.29) is 0 Å². The highest BCUT2D eigenvalue weighted by molar-refractivity contribution is 6.30. The van der Waals surface area contributed by atoms with Gasteiger partial charge in [0.05, 0.1) is 0 Å². The van der Waals surface area contributed by atoms with Crippen molar-refractivity contribution in [1.29, 1.82) is 0 Å². The number of hydrogen-bond donors (Lipinski definition) is 0. The Kier molecular flexibility index (Phi) is 6.17. The van der Waals surface area contributed by atoms with Crippen LogP contribution in [0.4, 0.5) is 0 Å². The molecular weight excluding hydrogens is 360 g/mol. The fraction of sp³-hybridized carbons (Fsp3) is 0.333. The monoisotopic (exact) mass is 388 g/mol. The fourth-order valence-electron chi connectivity index (χ4n) is 4.67.